The normalized spacial score (nSPS) is 10.7. The first-order valence-electron chi connectivity index (χ1n) is 12.8. The largest absolute Gasteiger partial charge is 0.426 e. The Hall–Kier alpha value is -5.04. The number of ether oxygens (including phenoxy) is 2. The number of hydrogen-bond acceptors (Lipinski definition) is 5. The van der Waals surface area contributed by atoms with Crippen molar-refractivity contribution in [2.75, 3.05) is 0 Å². The molecule has 0 aliphatic heterocycles. The molecule has 214 valence electrons. The van der Waals surface area contributed by atoms with Crippen molar-refractivity contribution in [3.8, 4) is 39.8 Å². The first kappa shape index (κ1) is 29.9. The Morgan fingerprint density at radius 2 is 1.07 bits per heavy atom. The van der Waals surface area contributed by atoms with Crippen molar-refractivity contribution in [1.29, 1.82) is 5.26 Å². The molecule has 0 fully saturated rings. The summed E-state index contributed by atoms with van der Waals surface area (Å²) in [5.74, 6) is -5.74. The quantitative estimate of drug-likeness (QED) is 0.0823. The number of unbranched alkanes of at least 4 members (excludes halogenated alkanes) is 2. The van der Waals surface area contributed by atoms with Gasteiger partial charge in [-0.05, 0) is 72.5 Å². The number of nitrogens with zero attached hydrogens (tertiary/aromatic N) is 1. The van der Waals surface area contributed by atoms with Crippen LogP contribution in [0.15, 0.2) is 72.8 Å². The molecule has 0 unspecified atom stereocenters. The van der Waals surface area contributed by atoms with Crippen LogP contribution >= 0.6 is 0 Å². The molecule has 10 heteroatoms. The predicted molar refractivity (Wildman–Crippen MR) is 143 cm³/mol. The molecule has 5 nitrogen and oxygen atoms in total. The van der Waals surface area contributed by atoms with Crippen LogP contribution in [0, 0.1) is 40.4 Å². The second-order valence-electron chi connectivity index (χ2n) is 9.23. The van der Waals surface area contributed by atoms with Gasteiger partial charge in [-0.15, -0.1) is 0 Å². The molecule has 0 saturated heterocycles. The third-order valence-electron chi connectivity index (χ3n) is 6.24. The third kappa shape index (κ3) is 7.57. The highest BCUT2D eigenvalue weighted by molar-refractivity contribution is 5.74. The molecule has 0 amide bonds. The SMILES string of the molecule is N#Cc1ccc(-c2ccc(OC(=O)CCCCCC(=O)Oc3ccc(-c4ccc(F)c(F)c4)c(F)c3)cc2F)cc1F. The lowest BCUT2D eigenvalue weighted by Gasteiger charge is -2.09. The molecular weight excluding hydrogens is 557 g/mol. The summed E-state index contributed by atoms with van der Waals surface area (Å²) >= 11 is 0. The van der Waals surface area contributed by atoms with Crippen molar-refractivity contribution < 1.29 is 41.0 Å². The molecule has 4 rings (SSSR count). The minimum Gasteiger partial charge on any atom is -0.426 e. The summed E-state index contributed by atoms with van der Waals surface area (Å²) in [7, 11) is 0. The molecule has 0 bridgehead atoms. The van der Waals surface area contributed by atoms with E-state index in [2.05, 4.69) is 0 Å². The summed E-state index contributed by atoms with van der Waals surface area (Å²) in [5.41, 5.74) is 0.285. The minimum absolute atomic E-state index is 0.00417. The third-order valence-corrected chi connectivity index (χ3v) is 6.24. The lowest BCUT2D eigenvalue weighted by atomic mass is 10.0. The van der Waals surface area contributed by atoms with E-state index in [9.17, 15) is 31.5 Å². The zero-order chi connectivity index (χ0) is 30.2. The van der Waals surface area contributed by atoms with Crippen molar-refractivity contribution in [2.45, 2.75) is 32.1 Å². The van der Waals surface area contributed by atoms with Crippen molar-refractivity contribution in [2.24, 2.45) is 0 Å². The molecule has 0 radical (unpaired) electrons. The number of rotatable bonds is 10. The Morgan fingerprint density at radius 1 is 0.571 bits per heavy atom. The van der Waals surface area contributed by atoms with E-state index in [-0.39, 0.29) is 52.2 Å². The Balaban J connectivity index is 1.19. The Kier molecular flexibility index (Phi) is 9.65. The van der Waals surface area contributed by atoms with E-state index in [4.69, 9.17) is 14.7 Å². The van der Waals surface area contributed by atoms with E-state index >= 15 is 0 Å². The van der Waals surface area contributed by atoms with Gasteiger partial charge in [0.2, 0.25) is 0 Å². The smallest absolute Gasteiger partial charge is 0.311 e. The fraction of sp³-hybridized carbons (Fsp3) is 0.156. The zero-order valence-electron chi connectivity index (χ0n) is 21.9. The molecule has 0 N–H and O–H groups in total. The van der Waals surface area contributed by atoms with Gasteiger partial charge in [-0.25, -0.2) is 22.0 Å². The number of hydrogen-bond donors (Lipinski definition) is 0. The van der Waals surface area contributed by atoms with Crippen molar-refractivity contribution in [3.63, 3.8) is 0 Å². The molecule has 0 heterocycles. The molecule has 0 aromatic heterocycles. The second-order valence-corrected chi connectivity index (χ2v) is 9.23. The van der Waals surface area contributed by atoms with Gasteiger partial charge in [-0.2, -0.15) is 5.26 Å². The monoisotopic (exact) mass is 579 g/mol. The molecule has 0 saturated carbocycles. The Labute approximate surface area is 237 Å². The number of halogens is 5. The number of esters is 2. The summed E-state index contributed by atoms with van der Waals surface area (Å²) in [6, 6.07) is 15.7. The first-order chi connectivity index (χ1) is 20.1. The standard InChI is InChI=1S/C32H22F5NO4/c33-26-13-8-20(15-30(26)37)25-12-10-23(17-29(25)36)42-32(40)5-3-1-2-4-31(39)41-22-9-11-24(28(35)16-22)19-6-7-21(18-38)27(34)14-19/h6-17H,1-5H2. The Morgan fingerprint density at radius 3 is 1.52 bits per heavy atom. The number of carbonyl (C=O) groups excluding carboxylic acids is 2. The molecule has 0 aliphatic carbocycles. The van der Waals surface area contributed by atoms with Gasteiger partial charge in [0.1, 0.15) is 35.0 Å². The van der Waals surface area contributed by atoms with Gasteiger partial charge in [0.25, 0.3) is 0 Å². The van der Waals surface area contributed by atoms with Crippen LogP contribution in [0.1, 0.15) is 37.7 Å². The molecule has 4 aromatic carbocycles. The highest BCUT2D eigenvalue weighted by atomic mass is 19.2. The first-order valence-corrected chi connectivity index (χ1v) is 12.8. The molecule has 42 heavy (non-hydrogen) atoms. The van der Waals surface area contributed by atoms with E-state index in [1.165, 1.54) is 42.5 Å². The zero-order valence-corrected chi connectivity index (χ0v) is 21.9. The van der Waals surface area contributed by atoms with Crippen LogP contribution in [-0.2, 0) is 9.59 Å². The highest BCUT2D eigenvalue weighted by Gasteiger charge is 2.14. The van der Waals surface area contributed by atoms with Gasteiger partial charge < -0.3 is 9.47 Å². The molecule has 0 spiro atoms. The van der Waals surface area contributed by atoms with Crippen LogP contribution < -0.4 is 9.47 Å². The maximum atomic E-state index is 14.6. The van der Waals surface area contributed by atoms with E-state index in [1.54, 1.807) is 6.07 Å². The minimum atomic E-state index is -1.11. The molecule has 4 aromatic rings. The summed E-state index contributed by atoms with van der Waals surface area (Å²) in [5, 5.41) is 8.82. The lowest BCUT2D eigenvalue weighted by molar-refractivity contribution is -0.134. The summed E-state index contributed by atoms with van der Waals surface area (Å²) in [4.78, 5) is 24.3. The molecular formula is C32H22F5NO4. The second kappa shape index (κ2) is 13.5. The van der Waals surface area contributed by atoms with E-state index in [0.717, 1.165) is 30.3 Å². The van der Waals surface area contributed by atoms with Gasteiger partial charge >= 0.3 is 11.9 Å². The maximum absolute atomic E-state index is 14.6. The van der Waals surface area contributed by atoms with Crippen LogP contribution in [0.25, 0.3) is 22.3 Å². The van der Waals surface area contributed by atoms with Gasteiger partial charge in [0, 0.05) is 36.1 Å². The maximum Gasteiger partial charge on any atom is 0.311 e. The van der Waals surface area contributed by atoms with Gasteiger partial charge in [-0.1, -0.05) is 18.6 Å². The number of carbonyl (C=O) groups is 2. The van der Waals surface area contributed by atoms with Gasteiger partial charge in [-0.3, -0.25) is 9.59 Å². The van der Waals surface area contributed by atoms with Crippen molar-refractivity contribution in [3.05, 3.63) is 107 Å². The fourth-order valence-corrected chi connectivity index (χ4v) is 4.10. The van der Waals surface area contributed by atoms with Crippen LogP contribution in [0.2, 0.25) is 0 Å². The fourth-order valence-electron chi connectivity index (χ4n) is 4.10. The van der Waals surface area contributed by atoms with E-state index in [0.29, 0.717) is 19.3 Å². The summed E-state index contributed by atoms with van der Waals surface area (Å²) in [6.07, 6.45) is 1.26. The lowest BCUT2D eigenvalue weighted by Crippen LogP contribution is -2.09. The van der Waals surface area contributed by atoms with Crippen LogP contribution in [0.3, 0.4) is 0 Å². The topological polar surface area (TPSA) is 76.4 Å². The summed E-state index contributed by atoms with van der Waals surface area (Å²) in [6.45, 7) is 0. The average Bonchev–Trinajstić information content (AvgIpc) is 2.94. The van der Waals surface area contributed by atoms with Crippen LogP contribution in [0.5, 0.6) is 11.5 Å². The van der Waals surface area contributed by atoms with E-state index < -0.39 is 41.0 Å². The molecule has 0 atom stereocenters. The van der Waals surface area contributed by atoms with Crippen molar-refractivity contribution >= 4 is 11.9 Å². The van der Waals surface area contributed by atoms with Crippen LogP contribution in [-0.4, -0.2) is 11.9 Å². The molecule has 0 aliphatic rings. The summed E-state index contributed by atoms with van der Waals surface area (Å²) < 4.78 is 79.8. The predicted octanol–water partition coefficient (Wildman–Crippen LogP) is 8.05. The van der Waals surface area contributed by atoms with Gasteiger partial charge in [0.15, 0.2) is 11.6 Å². The number of nitriles is 1. The Bertz CT molecular complexity index is 1680. The number of benzene rings is 4. The van der Waals surface area contributed by atoms with Crippen LogP contribution in [0.4, 0.5) is 22.0 Å². The average molecular weight is 580 g/mol. The van der Waals surface area contributed by atoms with E-state index in [1.807, 2.05) is 0 Å². The van der Waals surface area contributed by atoms with Crippen molar-refractivity contribution in [1.82, 2.24) is 0 Å². The van der Waals surface area contributed by atoms with Gasteiger partial charge in [0.05, 0.1) is 5.56 Å². The highest BCUT2D eigenvalue weighted by Crippen LogP contribution is 2.29.